The second-order valence-corrected chi connectivity index (χ2v) is 7.21. The molecule has 1 saturated heterocycles. The first-order valence-electron chi connectivity index (χ1n) is 9.75. The predicted molar refractivity (Wildman–Crippen MR) is 115 cm³/mol. The molecule has 3 aromatic rings. The Morgan fingerprint density at radius 1 is 0.867 bits per heavy atom. The number of hydrogen-bond acceptors (Lipinski definition) is 3. The van der Waals surface area contributed by atoms with E-state index in [4.69, 9.17) is 4.74 Å². The van der Waals surface area contributed by atoms with Gasteiger partial charge in [0.1, 0.15) is 18.1 Å². The maximum Gasteiger partial charge on any atom is 0.329 e. The lowest BCUT2D eigenvalue weighted by Gasteiger charge is -2.11. The van der Waals surface area contributed by atoms with E-state index in [1.165, 1.54) is 4.90 Å². The molecule has 0 saturated carbocycles. The molecule has 5 nitrogen and oxygen atoms in total. The van der Waals surface area contributed by atoms with Crippen molar-refractivity contribution in [1.29, 1.82) is 0 Å². The molecule has 3 aromatic carbocycles. The molecule has 0 unspecified atom stereocenters. The number of nitrogens with one attached hydrogen (secondary N) is 1. The summed E-state index contributed by atoms with van der Waals surface area (Å²) in [6.07, 6.45) is 1.68. The minimum atomic E-state index is -0.408. The normalized spacial score (nSPS) is 14.8. The lowest BCUT2D eigenvalue weighted by molar-refractivity contribution is -0.123. The van der Waals surface area contributed by atoms with E-state index in [0.29, 0.717) is 6.61 Å². The van der Waals surface area contributed by atoms with E-state index in [1.54, 1.807) is 6.08 Å². The molecule has 1 aliphatic rings. The van der Waals surface area contributed by atoms with Gasteiger partial charge in [-0.25, -0.2) is 4.79 Å². The summed E-state index contributed by atoms with van der Waals surface area (Å²) in [7, 11) is 0. The topological polar surface area (TPSA) is 58.6 Å². The number of carbonyl (C=O) groups excluding carboxylic acids is 2. The summed E-state index contributed by atoms with van der Waals surface area (Å²) in [5.74, 6) is 0.411. The molecule has 1 heterocycles. The summed E-state index contributed by atoms with van der Waals surface area (Å²) >= 11 is 0. The fourth-order valence-electron chi connectivity index (χ4n) is 3.16. The highest BCUT2D eigenvalue weighted by atomic mass is 16.5. The number of rotatable bonds is 6. The van der Waals surface area contributed by atoms with E-state index < -0.39 is 6.03 Å². The van der Waals surface area contributed by atoms with Crippen LogP contribution in [0.5, 0.6) is 5.75 Å². The Balaban J connectivity index is 1.41. The van der Waals surface area contributed by atoms with Crippen LogP contribution in [-0.2, 0) is 17.9 Å². The zero-order valence-electron chi connectivity index (χ0n) is 16.7. The van der Waals surface area contributed by atoms with Crippen molar-refractivity contribution in [3.8, 4) is 5.75 Å². The predicted octanol–water partition coefficient (Wildman–Crippen LogP) is 4.67. The lowest BCUT2D eigenvalue weighted by Crippen LogP contribution is -2.30. The molecule has 0 aliphatic carbocycles. The van der Waals surface area contributed by atoms with E-state index in [1.807, 2.05) is 85.8 Å². The number of benzene rings is 3. The number of aryl methyl sites for hydroxylation is 1. The first-order valence-corrected chi connectivity index (χ1v) is 9.75. The first-order chi connectivity index (χ1) is 14.6. The average Bonchev–Trinajstić information content (AvgIpc) is 3.03. The molecule has 0 atom stereocenters. The average molecular weight is 398 g/mol. The number of imide groups is 1. The van der Waals surface area contributed by atoms with Crippen molar-refractivity contribution >= 4 is 18.0 Å². The van der Waals surface area contributed by atoms with Gasteiger partial charge in [0, 0.05) is 0 Å². The van der Waals surface area contributed by atoms with E-state index in [-0.39, 0.29) is 18.1 Å². The van der Waals surface area contributed by atoms with Gasteiger partial charge in [0.05, 0.1) is 6.54 Å². The second kappa shape index (κ2) is 8.66. The van der Waals surface area contributed by atoms with Gasteiger partial charge >= 0.3 is 6.03 Å². The molecule has 4 rings (SSSR count). The van der Waals surface area contributed by atoms with Gasteiger partial charge in [-0.2, -0.15) is 0 Å². The fourth-order valence-corrected chi connectivity index (χ4v) is 3.16. The van der Waals surface area contributed by atoms with Gasteiger partial charge in [-0.15, -0.1) is 0 Å². The smallest absolute Gasteiger partial charge is 0.329 e. The quantitative estimate of drug-likeness (QED) is 0.485. The Morgan fingerprint density at radius 2 is 1.57 bits per heavy atom. The van der Waals surface area contributed by atoms with Crippen molar-refractivity contribution in [2.75, 3.05) is 0 Å². The molecule has 1 fully saturated rings. The highest BCUT2D eigenvalue weighted by Gasteiger charge is 2.33. The van der Waals surface area contributed by atoms with E-state index in [2.05, 4.69) is 5.32 Å². The van der Waals surface area contributed by atoms with E-state index in [0.717, 1.165) is 28.0 Å². The first kappa shape index (κ1) is 19.5. The minimum absolute atomic E-state index is 0.245. The van der Waals surface area contributed by atoms with Crippen molar-refractivity contribution in [2.24, 2.45) is 0 Å². The summed E-state index contributed by atoms with van der Waals surface area (Å²) in [5, 5.41) is 2.66. The molecule has 30 heavy (non-hydrogen) atoms. The summed E-state index contributed by atoms with van der Waals surface area (Å²) in [6, 6.07) is 24.7. The Kier molecular flexibility index (Phi) is 5.61. The van der Waals surface area contributed by atoms with E-state index >= 15 is 0 Å². The molecular formula is C25H22N2O3. The maximum absolute atomic E-state index is 12.7. The Labute approximate surface area is 175 Å². The second-order valence-electron chi connectivity index (χ2n) is 7.21. The van der Waals surface area contributed by atoms with Gasteiger partial charge < -0.3 is 10.1 Å². The van der Waals surface area contributed by atoms with Crippen molar-refractivity contribution in [2.45, 2.75) is 20.1 Å². The maximum atomic E-state index is 12.7. The molecular weight excluding hydrogens is 376 g/mol. The fraction of sp³-hybridized carbons (Fsp3) is 0.120. The van der Waals surface area contributed by atoms with Crippen LogP contribution in [0.25, 0.3) is 6.08 Å². The molecule has 0 radical (unpaired) electrons. The van der Waals surface area contributed by atoms with Crippen LogP contribution in [0, 0.1) is 6.92 Å². The highest BCUT2D eigenvalue weighted by molar-refractivity contribution is 6.13. The van der Waals surface area contributed by atoms with Gasteiger partial charge in [-0.05, 0) is 41.8 Å². The van der Waals surface area contributed by atoms with Crippen LogP contribution in [-0.4, -0.2) is 16.8 Å². The Hall–Kier alpha value is -3.86. The van der Waals surface area contributed by atoms with Crippen molar-refractivity contribution in [3.63, 3.8) is 0 Å². The molecule has 1 aliphatic heterocycles. The lowest BCUT2D eigenvalue weighted by atomic mass is 10.1. The number of urea groups is 1. The summed E-state index contributed by atoms with van der Waals surface area (Å²) in [4.78, 5) is 26.1. The summed E-state index contributed by atoms with van der Waals surface area (Å²) < 4.78 is 5.78. The van der Waals surface area contributed by atoms with Crippen molar-refractivity contribution in [1.82, 2.24) is 10.2 Å². The molecule has 150 valence electrons. The van der Waals surface area contributed by atoms with Gasteiger partial charge in [-0.1, -0.05) is 72.3 Å². The van der Waals surface area contributed by atoms with Crippen molar-refractivity contribution < 1.29 is 14.3 Å². The van der Waals surface area contributed by atoms with Crippen LogP contribution in [0.15, 0.2) is 84.6 Å². The van der Waals surface area contributed by atoms with Crippen LogP contribution in [0.3, 0.4) is 0 Å². The number of amides is 3. The largest absolute Gasteiger partial charge is 0.489 e. The number of hydrogen-bond donors (Lipinski definition) is 1. The summed E-state index contributed by atoms with van der Waals surface area (Å²) in [6.45, 7) is 2.73. The van der Waals surface area contributed by atoms with E-state index in [9.17, 15) is 9.59 Å². The zero-order valence-corrected chi connectivity index (χ0v) is 16.7. The molecule has 0 bridgehead atoms. The number of carbonyl (C=O) groups is 2. The Bertz CT molecular complexity index is 1070. The molecule has 0 spiro atoms. The third kappa shape index (κ3) is 4.58. The van der Waals surface area contributed by atoms with Crippen LogP contribution < -0.4 is 10.1 Å². The summed E-state index contributed by atoms with van der Waals surface area (Å²) in [5.41, 5.74) is 4.21. The highest BCUT2D eigenvalue weighted by Crippen LogP contribution is 2.19. The van der Waals surface area contributed by atoms with Crippen LogP contribution in [0.4, 0.5) is 4.79 Å². The van der Waals surface area contributed by atoms with Gasteiger partial charge in [-0.3, -0.25) is 9.69 Å². The van der Waals surface area contributed by atoms with Crippen molar-refractivity contribution in [3.05, 3.63) is 107 Å². The third-order valence-corrected chi connectivity index (χ3v) is 4.86. The van der Waals surface area contributed by atoms with Crippen LogP contribution in [0.1, 0.15) is 22.3 Å². The standard InChI is InChI=1S/C25H22N2O3/c1-18-7-9-20(10-8-18)16-27-24(28)23(26-25(27)29)15-19-11-13-22(14-12-19)30-17-21-5-3-2-4-6-21/h2-15H,16-17H2,1H3,(H,26,29)/b23-15-. The Morgan fingerprint density at radius 3 is 2.27 bits per heavy atom. The van der Waals surface area contributed by atoms with Gasteiger partial charge in [0.25, 0.3) is 5.91 Å². The molecule has 5 heteroatoms. The number of ether oxygens (including phenoxy) is 1. The minimum Gasteiger partial charge on any atom is -0.489 e. The van der Waals surface area contributed by atoms with Crippen LogP contribution in [0.2, 0.25) is 0 Å². The zero-order chi connectivity index (χ0) is 20.9. The third-order valence-electron chi connectivity index (χ3n) is 4.86. The van der Waals surface area contributed by atoms with Gasteiger partial charge in [0.2, 0.25) is 0 Å². The van der Waals surface area contributed by atoms with Gasteiger partial charge in [0.15, 0.2) is 0 Å². The molecule has 1 N–H and O–H groups in total. The number of nitrogens with zero attached hydrogens (tertiary/aromatic N) is 1. The SMILES string of the molecule is Cc1ccc(CN2C(=O)N/C(=C\c3ccc(OCc4ccccc4)cc3)C2=O)cc1. The molecule has 0 aromatic heterocycles. The molecule has 3 amide bonds. The van der Waals surface area contributed by atoms with Crippen LogP contribution >= 0.6 is 0 Å². The monoisotopic (exact) mass is 398 g/mol.